The molecule has 0 radical (unpaired) electrons. The molecular formula is C29H57O6PS. The van der Waals surface area contributed by atoms with Crippen molar-refractivity contribution < 1.29 is 28.7 Å². The van der Waals surface area contributed by atoms with E-state index in [1.165, 1.54) is 108 Å². The number of thioether (sulfide) groups is 1. The fourth-order valence-electron chi connectivity index (χ4n) is 4.22. The summed E-state index contributed by atoms with van der Waals surface area (Å²) in [5.74, 6) is 0.148. The van der Waals surface area contributed by atoms with E-state index in [1.54, 1.807) is 6.92 Å². The van der Waals surface area contributed by atoms with Gasteiger partial charge in [-0.25, -0.2) is 4.79 Å². The molecule has 0 aromatic heterocycles. The van der Waals surface area contributed by atoms with E-state index in [1.807, 2.05) is 0 Å². The summed E-state index contributed by atoms with van der Waals surface area (Å²) in [5, 5.41) is 10.5. The molecule has 0 aliphatic carbocycles. The highest BCUT2D eigenvalue weighted by Gasteiger charge is 2.40. The second-order valence-electron chi connectivity index (χ2n) is 9.99. The second-order valence-corrected chi connectivity index (χ2v) is 12.1. The third-order valence-corrected chi connectivity index (χ3v) is 8.71. The van der Waals surface area contributed by atoms with Crippen LogP contribution in [-0.4, -0.2) is 53.5 Å². The molecule has 0 aliphatic heterocycles. The van der Waals surface area contributed by atoms with Crippen LogP contribution in [0.25, 0.3) is 0 Å². The number of unbranched alkanes of at least 4 members (excludes halogenated alkanes) is 13. The lowest BCUT2D eigenvalue weighted by Gasteiger charge is -2.24. The third-order valence-electron chi connectivity index (χ3n) is 6.58. The van der Waals surface area contributed by atoms with Gasteiger partial charge >= 0.3 is 11.5 Å². The van der Waals surface area contributed by atoms with E-state index in [4.69, 9.17) is 14.2 Å². The van der Waals surface area contributed by atoms with Crippen LogP contribution in [0, 0.1) is 0 Å². The Morgan fingerprint density at radius 3 is 1.89 bits per heavy atom. The normalized spacial score (nSPS) is 14.9. The van der Waals surface area contributed by atoms with Gasteiger partial charge in [0.25, 0.3) is 0 Å². The minimum absolute atomic E-state index is 0.0602. The minimum Gasteiger partial charge on any atom is -0.461 e. The molecule has 3 unspecified atom stereocenters. The van der Waals surface area contributed by atoms with Gasteiger partial charge in [0.15, 0.2) is 0 Å². The van der Waals surface area contributed by atoms with Gasteiger partial charge in [0.1, 0.15) is 0 Å². The summed E-state index contributed by atoms with van der Waals surface area (Å²) in [7, 11) is -0.826. The molecule has 0 aliphatic rings. The van der Waals surface area contributed by atoms with Crippen LogP contribution in [0.1, 0.15) is 137 Å². The molecule has 0 heterocycles. The summed E-state index contributed by atoms with van der Waals surface area (Å²) in [5.41, 5.74) is -2.44. The van der Waals surface area contributed by atoms with E-state index in [-0.39, 0.29) is 19.3 Å². The smallest absolute Gasteiger partial charge is 0.379 e. The number of rotatable bonds is 28. The Morgan fingerprint density at radius 2 is 1.35 bits per heavy atom. The molecule has 0 rings (SSSR count). The van der Waals surface area contributed by atoms with Crippen LogP contribution in [0.5, 0.6) is 0 Å². The van der Waals surface area contributed by atoms with Crippen molar-refractivity contribution >= 4 is 26.2 Å². The van der Waals surface area contributed by atoms with Gasteiger partial charge in [-0.1, -0.05) is 104 Å². The molecule has 37 heavy (non-hydrogen) atoms. The van der Waals surface area contributed by atoms with E-state index < -0.39 is 20.0 Å². The van der Waals surface area contributed by atoms with Gasteiger partial charge in [0.05, 0.1) is 19.3 Å². The van der Waals surface area contributed by atoms with Crippen molar-refractivity contribution in [3.63, 3.8) is 0 Å². The fourth-order valence-corrected chi connectivity index (χ4v) is 5.86. The van der Waals surface area contributed by atoms with Crippen molar-refractivity contribution in [3.8, 4) is 0 Å². The molecule has 0 saturated carbocycles. The standard InChI is InChI=1S/C29H57O6PS/c1-5-8-10-12-13-14-15-16-18-20-25-37-27(22-19-17-11-9-6-2)26(4)34-23-21-24-35-29(31,36-32)28(30)33-7-3/h26-27,31H,5-25H2,1-4H3. The molecule has 1 N–H and O–H groups in total. The predicted molar refractivity (Wildman–Crippen MR) is 157 cm³/mol. The van der Waals surface area contributed by atoms with Crippen LogP contribution in [0.3, 0.4) is 0 Å². The van der Waals surface area contributed by atoms with E-state index in [2.05, 4.69) is 32.5 Å². The second kappa shape index (κ2) is 26.0. The maximum Gasteiger partial charge on any atom is 0.379 e. The molecule has 0 aromatic carbocycles. The lowest BCUT2D eigenvalue weighted by molar-refractivity contribution is -0.196. The van der Waals surface area contributed by atoms with Gasteiger partial charge < -0.3 is 19.3 Å². The summed E-state index contributed by atoms with van der Waals surface area (Å²) in [4.78, 5) is 11.7. The zero-order valence-electron chi connectivity index (χ0n) is 24.3. The highest BCUT2D eigenvalue weighted by atomic mass is 32.2. The largest absolute Gasteiger partial charge is 0.461 e. The molecular weight excluding hydrogens is 507 g/mol. The number of ether oxygens (including phenoxy) is 3. The van der Waals surface area contributed by atoms with Crippen molar-refractivity contribution in [2.45, 2.75) is 154 Å². The van der Waals surface area contributed by atoms with Crippen LogP contribution < -0.4 is 0 Å². The zero-order valence-corrected chi connectivity index (χ0v) is 26.1. The average molecular weight is 565 g/mol. The summed E-state index contributed by atoms with van der Waals surface area (Å²) >= 11 is 2.05. The molecule has 0 saturated heterocycles. The molecule has 0 aromatic rings. The van der Waals surface area contributed by atoms with Crippen LogP contribution in [-0.2, 0) is 23.6 Å². The Hall–Kier alpha value is -0.200. The first kappa shape index (κ1) is 36.8. The summed E-state index contributed by atoms with van der Waals surface area (Å²) in [6.07, 6.45) is 21.8. The van der Waals surface area contributed by atoms with Crippen molar-refractivity contribution in [3.05, 3.63) is 0 Å². The number of hydrogen-bond acceptors (Lipinski definition) is 7. The summed E-state index contributed by atoms with van der Waals surface area (Å²) in [6.45, 7) is 8.88. The van der Waals surface area contributed by atoms with E-state index in [0.29, 0.717) is 18.3 Å². The Kier molecular flexibility index (Phi) is 25.9. The quantitative estimate of drug-likeness (QED) is 0.0440. The molecule has 8 heteroatoms. The molecule has 6 nitrogen and oxygen atoms in total. The number of carbonyl (C=O) groups excluding carboxylic acids is 1. The highest BCUT2D eigenvalue weighted by Crippen LogP contribution is 2.26. The number of esters is 1. The van der Waals surface area contributed by atoms with Gasteiger partial charge in [-0.3, -0.25) is 4.57 Å². The maximum atomic E-state index is 11.7. The lowest BCUT2D eigenvalue weighted by Crippen LogP contribution is -2.38. The average Bonchev–Trinajstić information content (AvgIpc) is 2.90. The summed E-state index contributed by atoms with van der Waals surface area (Å²) in [6, 6.07) is 0. The Bertz CT molecular complexity index is 539. The number of hydrogen-bond donors (Lipinski definition) is 1. The van der Waals surface area contributed by atoms with Gasteiger partial charge in [-0.15, -0.1) is 0 Å². The number of carbonyl (C=O) groups is 1. The number of aliphatic hydroxyl groups is 1. The van der Waals surface area contributed by atoms with Crippen molar-refractivity contribution in [2.24, 2.45) is 0 Å². The first-order chi connectivity index (χ1) is 17.9. The molecule has 0 bridgehead atoms. The van der Waals surface area contributed by atoms with Crippen LogP contribution in [0.2, 0.25) is 0 Å². The van der Waals surface area contributed by atoms with Crippen LogP contribution in [0.4, 0.5) is 0 Å². The third kappa shape index (κ3) is 20.4. The summed E-state index contributed by atoms with van der Waals surface area (Å²) < 4.78 is 27.2. The van der Waals surface area contributed by atoms with Crippen molar-refractivity contribution in [2.75, 3.05) is 25.6 Å². The van der Waals surface area contributed by atoms with Crippen LogP contribution >= 0.6 is 20.2 Å². The highest BCUT2D eigenvalue weighted by molar-refractivity contribution is 7.99. The van der Waals surface area contributed by atoms with E-state index in [0.717, 1.165) is 0 Å². The SMILES string of the molecule is CCCCCCCCCCCCSC(CCCCCCC)C(C)OCCCOC(O)(P=O)C(=O)OCC. The van der Waals surface area contributed by atoms with Gasteiger partial charge in [-0.2, -0.15) is 11.8 Å². The van der Waals surface area contributed by atoms with Gasteiger partial charge in [0, 0.05) is 11.9 Å². The molecule has 0 amide bonds. The molecule has 220 valence electrons. The predicted octanol–water partition coefficient (Wildman–Crippen LogP) is 8.68. The van der Waals surface area contributed by atoms with Crippen molar-refractivity contribution in [1.29, 1.82) is 0 Å². The van der Waals surface area contributed by atoms with Gasteiger partial charge in [0.2, 0.25) is 8.46 Å². The lowest BCUT2D eigenvalue weighted by atomic mass is 10.1. The first-order valence-electron chi connectivity index (χ1n) is 15.1. The van der Waals surface area contributed by atoms with E-state index >= 15 is 0 Å². The van der Waals surface area contributed by atoms with E-state index in [9.17, 15) is 14.5 Å². The first-order valence-corrected chi connectivity index (χ1v) is 16.9. The fraction of sp³-hybridized carbons (Fsp3) is 0.966. The van der Waals surface area contributed by atoms with Crippen LogP contribution in [0.15, 0.2) is 0 Å². The van der Waals surface area contributed by atoms with Crippen molar-refractivity contribution in [1.82, 2.24) is 0 Å². The zero-order chi connectivity index (χ0) is 27.6. The maximum absolute atomic E-state index is 11.7. The van der Waals surface area contributed by atoms with Gasteiger partial charge in [-0.05, 0) is 38.9 Å². The Morgan fingerprint density at radius 1 is 0.811 bits per heavy atom. The monoisotopic (exact) mass is 564 g/mol. The molecule has 3 atom stereocenters. The topological polar surface area (TPSA) is 82.1 Å². The molecule has 0 fully saturated rings. The molecule has 0 spiro atoms. The minimum atomic E-state index is -2.44. The Labute approximate surface area is 233 Å². The Balaban J connectivity index is 4.26.